The molecular weight excluding hydrogens is 345 g/mol. The van der Waals surface area contributed by atoms with Crippen molar-refractivity contribution in [2.24, 2.45) is 5.92 Å². The van der Waals surface area contributed by atoms with Gasteiger partial charge in [0.2, 0.25) is 11.8 Å². The molecule has 1 N–H and O–H groups in total. The lowest BCUT2D eigenvalue weighted by molar-refractivity contribution is -0.138. The molecule has 0 radical (unpaired) electrons. The Morgan fingerprint density at radius 2 is 1.92 bits per heavy atom. The van der Waals surface area contributed by atoms with Crippen molar-refractivity contribution in [1.82, 2.24) is 4.90 Å². The number of hydrogen-bond donors (Lipinski definition) is 1. The zero-order chi connectivity index (χ0) is 17.9. The maximum Gasteiger partial charge on any atom is 0.416 e. The minimum atomic E-state index is -4.54. The summed E-state index contributed by atoms with van der Waals surface area (Å²) >= 11 is 5.81. The average molecular weight is 363 g/mol. The summed E-state index contributed by atoms with van der Waals surface area (Å²) in [7, 11) is 0. The van der Waals surface area contributed by atoms with Crippen LogP contribution in [-0.2, 0) is 15.8 Å². The predicted octanol–water partition coefficient (Wildman–Crippen LogP) is 3.95. The number of carbonyl (C=O) groups excluding carboxylic acids is 2. The summed E-state index contributed by atoms with van der Waals surface area (Å²) in [6, 6.07) is 2.65. The molecule has 132 valence electrons. The Hall–Kier alpha value is -1.76. The van der Waals surface area contributed by atoms with Crippen molar-refractivity contribution in [2.75, 3.05) is 18.4 Å². The Labute approximate surface area is 143 Å². The van der Waals surface area contributed by atoms with Crippen LogP contribution in [0.1, 0.15) is 31.7 Å². The van der Waals surface area contributed by atoms with Gasteiger partial charge in [-0.15, -0.1) is 0 Å². The second-order valence-electron chi connectivity index (χ2n) is 5.98. The molecule has 8 heteroatoms. The van der Waals surface area contributed by atoms with E-state index in [1.165, 1.54) is 0 Å². The summed E-state index contributed by atoms with van der Waals surface area (Å²) in [6.07, 6.45) is -3.19. The van der Waals surface area contributed by atoms with Gasteiger partial charge in [-0.3, -0.25) is 9.59 Å². The molecule has 4 nitrogen and oxygen atoms in total. The van der Waals surface area contributed by atoms with E-state index in [4.69, 9.17) is 11.6 Å². The molecule has 1 fully saturated rings. The molecule has 0 unspecified atom stereocenters. The first-order valence-electron chi connectivity index (χ1n) is 7.61. The molecule has 0 bridgehead atoms. The third-order valence-electron chi connectivity index (χ3n) is 4.02. The second kappa shape index (κ2) is 7.42. The molecule has 0 aromatic heterocycles. The van der Waals surface area contributed by atoms with Crippen molar-refractivity contribution in [1.29, 1.82) is 0 Å². The van der Waals surface area contributed by atoms with Gasteiger partial charge in [-0.2, -0.15) is 13.2 Å². The minimum absolute atomic E-state index is 0.0180. The van der Waals surface area contributed by atoms with Crippen LogP contribution in [0, 0.1) is 5.92 Å². The number of likely N-dealkylation sites (tertiary alicyclic amines) is 1. The first-order valence-corrected chi connectivity index (χ1v) is 7.99. The number of piperidine rings is 1. The number of amides is 2. The molecule has 1 saturated heterocycles. The van der Waals surface area contributed by atoms with E-state index >= 15 is 0 Å². The van der Waals surface area contributed by atoms with Gasteiger partial charge in [-0.25, -0.2) is 0 Å². The van der Waals surface area contributed by atoms with Crippen LogP contribution in [0.25, 0.3) is 0 Å². The SMILES string of the molecule is CC1CCN(C(=O)CC(=O)Nc2cc(C(F)(F)F)ccc2Cl)CC1. The van der Waals surface area contributed by atoms with Gasteiger partial charge in [0, 0.05) is 13.1 Å². The van der Waals surface area contributed by atoms with Crippen molar-refractivity contribution < 1.29 is 22.8 Å². The molecule has 2 rings (SSSR count). The molecule has 1 aliphatic heterocycles. The Morgan fingerprint density at radius 3 is 2.50 bits per heavy atom. The number of halogens is 4. The molecule has 0 spiro atoms. The van der Waals surface area contributed by atoms with Crippen LogP contribution < -0.4 is 5.32 Å². The standard InChI is InChI=1S/C16H18ClF3N2O2/c1-10-4-6-22(7-5-10)15(24)9-14(23)21-13-8-11(16(18,19)20)2-3-12(13)17/h2-3,8,10H,4-7,9H2,1H3,(H,21,23). The molecule has 1 aromatic rings. The van der Waals surface area contributed by atoms with E-state index < -0.39 is 24.1 Å². The Morgan fingerprint density at radius 1 is 1.29 bits per heavy atom. The van der Waals surface area contributed by atoms with E-state index in [0.717, 1.165) is 31.0 Å². The van der Waals surface area contributed by atoms with Gasteiger partial charge < -0.3 is 10.2 Å². The maximum absolute atomic E-state index is 12.7. The van der Waals surface area contributed by atoms with Crippen molar-refractivity contribution in [2.45, 2.75) is 32.4 Å². The summed E-state index contributed by atoms with van der Waals surface area (Å²) in [5.74, 6) is -0.464. The first kappa shape index (κ1) is 18.6. The molecule has 2 amide bonds. The van der Waals surface area contributed by atoms with E-state index in [2.05, 4.69) is 12.2 Å². The number of hydrogen-bond acceptors (Lipinski definition) is 2. The lowest BCUT2D eigenvalue weighted by Gasteiger charge is -2.30. The van der Waals surface area contributed by atoms with Crippen LogP contribution in [0.3, 0.4) is 0 Å². The van der Waals surface area contributed by atoms with Crippen molar-refractivity contribution >= 4 is 29.1 Å². The number of rotatable bonds is 3. The molecule has 1 aliphatic rings. The van der Waals surface area contributed by atoms with Crippen LogP contribution in [-0.4, -0.2) is 29.8 Å². The van der Waals surface area contributed by atoms with E-state index in [-0.39, 0.29) is 16.6 Å². The second-order valence-corrected chi connectivity index (χ2v) is 6.39. The lowest BCUT2D eigenvalue weighted by Crippen LogP contribution is -2.39. The maximum atomic E-state index is 12.7. The number of anilines is 1. The fourth-order valence-corrected chi connectivity index (χ4v) is 2.66. The van der Waals surface area contributed by atoms with Crippen LogP contribution >= 0.6 is 11.6 Å². The number of carbonyl (C=O) groups is 2. The summed E-state index contributed by atoms with van der Waals surface area (Å²) in [5, 5.41) is 2.27. The molecule has 0 aliphatic carbocycles. The van der Waals surface area contributed by atoms with Crippen molar-refractivity contribution in [3.05, 3.63) is 28.8 Å². The van der Waals surface area contributed by atoms with E-state index in [1.807, 2.05) is 0 Å². The smallest absolute Gasteiger partial charge is 0.342 e. The monoisotopic (exact) mass is 362 g/mol. The fourth-order valence-electron chi connectivity index (χ4n) is 2.50. The number of benzene rings is 1. The highest BCUT2D eigenvalue weighted by molar-refractivity contribution is 6.33. The number of alkyl halides is 3. The van der Waals surface area contributed by atoms with Gasteiger partial charge in [0.25, 0.3) is 0 Å². The van der Waals surface area contributed by atoms with Gasteiger partial charge in [-0.05, 0) is 37.0 Å². The van der Waals surface area contributed by atoms with Gasteiger partial charge in [0.15, 0.2) is 0 Å². The van der Waals surface area contributed by atoms with Crippen LogP contribution in [0.15, 0.2) is 18.2 Å². The third kappa shape index (κ3) is 4.87. The minimum Gasteiger partial charge on any atom is -0.342 e. The molecule has 1 heterocycles. The highest BCUT2D eigenvalue weighted by Crippen LogP contribution is 2.33. The fraction of sp³-hybridized carbons (Fsp3) is 0.500. The van der Waals surface area contributed by atoms with Crippen LogP contribution in [0.2, 0.25) is 5.02 Å². The Balaban J connectivity index is 1.98. The topological polar surface area (TPSA) is 49.4 Å². The number of nitrogens with one attached hydrogen (secondary N) is 1. The zero-order valence-corrected chi connectivity index (χ0v) is 13.9. The van der Waals surface area contributed by atoms with Crippen molar-refractivity contribution in [3.8, 4) is 0 Å². The summed E-state index contributed by atoms with van der Waals surface area (Å²) in [6.45, 7) is 3.29. The molecule has 0 atom stereocenters. The van der Waals surface area contributed by atoms with E-state index in [0.29, 0.717) is 19.0 Å². The molecule has 1 aromatic carbocycles. The zero-order valence-electron chi connectivity index (χ0n) is 13.1. The molecular formula is C16H18ClF3N2O2. The van der Waals surface area contributed by atoms with Gasteiger partial charge >= 0.3 is 6.18 Å². The highest BCUT2D eigenvalue weighted by atomic mass is 35.5. The summed E-state index contributed by atoms with van der Waals surface area (Å²) < 4.78 is 38.1. The Kier molecular flexibility index (Phi) is 5.74. The normalized spacial score (nSPS) is 16.1. The number of nitrogens with zero attached hydrogens (tertiary/aromatic N) is 1. The highest BCUT2D eigenvalue weighted by Gasteiger charge is 2.31. The first-order chi connectivity index (χ1) is 11.2. The van der Waals surface area contributed by atoms with Crippen LogP contribution in [0.5, 0.6) is 0 Å². The van der Waals surface area contributed by atoms with Gasteiger partial charge in [-0.1, -0.05) is 18.5 Å². The van der Waals surface area contributed by atoms with Gasteiger partial charge in [0.1, 0.15) is 6.42 Å². The third-order valence-corrected chi connectivity index (χ3v) is 4.35. The van der Waals surface area contributed by atoms with E-state index in [9.17, 15) is 22.8 Å². The van der Waals surface area contributed by atoms with Crippen LogP contribution in [0.4, 0.5) is 18.9 Å². The predicted molar refractivity (Wildman–Crippen MR) is 84.7 cm³/mol. The van der Waals surface area contributed by atoms with E-state index in [1.54, 1.807) is 4.90 Å². The largest absolute Gasteiger partial charge is 0.416 e. The van der Waals surface area contributed by atoms with Gasteiger partial charge in [0.05, 0.1) is 16.3 Å². The quantitative estimate of drug-likeness (QED) is 0.828. The summed E-state index contributed by atoms with van der Waals surface area (Å²) in [4.78, 5) is 25.6. The average Bonchev–Trinajstić information content (AvgIpc) is 2.48. The molecule has 0 saturated carbocycles. The summed E-state index contributed by atoms with van der Waals surface area (Å²) in [5.41, 5.74) is -1.07. The Bertz CT molecular complexity index is 626. The lowest BCUT2D eigenvalue weighted by atomic mass is 9.99. The van der Waals surface area contributed by atoms with Crippen molar-refractivity contribution in [3.63, 3.8) is 0 Å². The molecule has 24 heavy (non-hydrogen) atoms.